The minimum absolute atomic E-state index is 0.0763. The van der Waals surface area contributed by atoms with Gasteiger partial charge in [-0.25, -0.2) is 23.7 Å². The van der Waals surface area contributed by atoms with Gasteiger partial charge in [0.25, 0.3) is 0 Å². The molecule has 0 radical (unpaired) electrons. The largest absolute Gasteiger partial charge is 0.368 e. The summed E-state index contributed by atoms with van der Waals surface area (Å²) in [7, 11) is 0. The van der Waals surface area contributed by atoms with Crippen LogP contribution in [0, 0.1) is 5.82 Å². The molecule has 0 atom stereocenters. The highest BCUT2D eigenvalue weighted by molar-refractivity contribution is 6.31. The molecule has 124 valence electrons. The summed E-state index contributed by atoms with van der Waals surface area (Å²) in [5.74, 6) is -0.489. The third kappa shape index (κ3) is 3.16. The molecule has 10 nitrogen and oxygen atoms in total. The van der Waals surface area contributed by atoms with Gasteiger partial charge in [-0.05, 0) is 23.4 Å². The van der Waals surface area contributed by atoms with Gasteiger partial charge >= 0.3 is 0 Å². The summed E-state index contributed by atoms with van der Waals surface area (Å²) in [6.07, 6.45) is 1.28. The van der Waals surface area contributed by atoms with Gasteiger partial charge in [0.15, 0.2) is 11.5 Å². The van der Waals surface area contributed by atoms with E-state index in [-0.39, 0.29) is 34.7 Å². The van der Waals surface area contributed by atoms with E-state index in [4.69, 9.17) is 17.3 Å². The number of nitrogens with one attached hydrogen (secondary N) is 1. The van der Waals surface area contributed by atoms with Crippen LogP contribution < -0.4 is 11.2 Å². The molecule has 0 saturated carbocycles. The van der Waals surface area contributed by atoms with Crippen molar-refractivity contribution >= 4 is 29.1 Å². The van der Waals surface area contributed by atoms with Gasteiger partial charge in [0, 0.05) is 0 Å². The van der Waals surface area contributed by atoms with Crippen molar-refractivity contribution in [2.75, 3.05) is 5.73 Å². The molecule has 0 saturated heterocycles. The molecule has 3 rings (SSSR count). The van der Waals surface area contributed by atoms with Crippen molar-refractivity contribution in [3.05, 3.63) is 46.8 Å². The van der Waals surface area contributed by atoms with Crippen molar-refractivity contribution in [3.63, 3.8) is 0 Å². The van der Waals surface area contributed by atoms with E-state index in [0.29, 0.717) is 5.69 Å². The number of anilines is 1. The number of benzene rings is 1. The molecule has 24 heavy (non-hydrogen) atoms. The van der Waals surface area contributed by atoms with Crippen LogP contribution in [0.4, 0.5) is 16.0 Å². The lowest BCUT2D eigenvalue weighted by Gasteiger charge is -2.04. The standard InChI is InChI=1S/C12H10ClFN8O2/c13-7-3-6(1-2-8(7)14)18-11(19-23)10-9(20-24-21-10)4-22-12(15)16-5-17-22/h1-3,5,23H,4H2,(H,18,19)(H2,15,16,17). The van der Waals surface area contributed by atoms with E-state index in [1.807, 2.05) is 5.48 Å². The predicted octanol–water partition coefficient (Wildman–Crippen LogP) is 1.14. The molecule has 0 aliphatic heterocycles. The number of amidine groups is 1. The minimum Gasteiger partial charge on any atom is -0.368 e. The Morgan fingerprint density at radius 1 is 1.46 bits per heavy atom. The Morgan fingerprint density at radius 2 is 2.29 bits per heavy atom. The van der Waals surface area contributed by atoms with Crippen LogP contribution in [0.2, 0.25) is 5.02 Å². The highest BCUT2D eigenvalue weighted by Gasteiger charge is 2.18. The quantitative estimate of drug-likeness (QED) is 0.360. The first kappa shape index (κ1) is 15.8. The van der Waals surface area contributed by atoms with E-state index in [1.54, 1.807) is 0 Å². The SMILES string of the molecule is Nc1ncnn1Cc1nonc1C(=Nc1ccc(F)c(Cl)c1)NO. The van der Waals surface area contributed by atoms with Gasteiger partial charge in [-0.2, -0.15) is 5.10 Å². The maximum absolute atomic E-state index is 13.2. The first-order valence-electron chi connectivity index (χ1n) is 6.47. The number of rotatable bonds is 4. The van der Waals surface area contributed by atoms with Gasteiger partial charge in [0.1, 0.15) is 17.8 Å². The van der Waals surface area contributed by atoms with Gasteiger partial charge in [0.2, 0.25) is 5.95 Å². The maximum Gasteiger partial charge on any atom is 0.218 e. The van der Waals surface area contributed by atoms with Gasteiger partial charge in [-0.3, -0.25) is 10.7 Å². The Bertz CT molecular complexity index is 893. The van der Waals surface area contributed by atoms with Crippen LogP contribution >= 0.6 is 11.6 Å². The summed E-state index contributed by atoms with van der Waals surface area (Å²) < 4.78 is 19.2. The fraction of sp³-hybridized carbons (Fsp3) is 0.0833. The summed E-state index contributed by atoms with van der Waals surface area (Å²) in [5, 5.41) is 20.5. The molecule has 0 aliphatic rings. The zero-order valence-corrected chi connectivity index (χ0v) is 12.6. The Hall–Kier alpha value is -3.05. The molecular formula is C12H10ClFN8O2. The van der Waals surface area contributed by atoms with Crippen LogP contribution in [0.25, 0.3) is 0 Å². The summed E-state index contributed by atoms with van der Waals surface area (Å²) >= 11 is 5.70. The van der Waals surface area contributed by atoms with Crippen LogP contribution in [0.5, 0.6) is 0 Å². The number of nitrogen functional groups attached to an aromatic ring is 1. The lowest BCUT2D eigenvalue weighted by molar-refractivity contribution is 0.234. The molecule has 0 unspecified atom stereocenters. The summed E-state index contributed by atoms with van der Waals surface area (Å²) in [4.78, 5) is 7.88. The lowest BCUT2D eigenvalue weighted by Crippen LogP contribution is -2.23. The normalized spacial score (nSPS) is 11.7. The second kappa shape index (κ2) is 6.60. The van der Waals surface area contributed by atoms with Gasteiger partial charge in [0.05, 0.1) is 17.3 Å². The number of nitrogens with zero attached hydrogens (tertiary/aromatic N) is 6. The minimum atomic E-state index is -0.584. The second-order valence-electron chi connectivity index (χ2n) is 4.51. The number of hydroxylamine groups is 1. The Labute approximate surface area is 138 Å². The fourth-order valence-corrected chi connectivity index (χ4v) is 2.02. The predicted molar refractivity (Wildman–Crippen MR) is 80.4 cm³/mol. The second-order valence-corrected chi connectivity index (χ2v) is 4.91. The van der Waals surface area contributed by atoms with Crippen LogP contribution in [0.15, 0.2) is 34.1 Å². The maximum atomic E-state index is 13.2. The molecular weight excluding hydrogens is 343 g/mol. The zero-order chi connectivity index (χ0) is 17.1. The smallest absolute Gasteiger partial charge is 0.218 e. The number of aromatic nitrogens is 5. The first-order chi connectivity index (χ1) is 11.6. The molecule has 2 heterocycles. The number of halogens is 2. The van der Waals surface area contributed by atoms with Crippen LogP contribution in [-0.4, -0.2) is 36.1 Å². The number of nitrogens with two attached hydrogens (primary N) is 1. The average Bonchev–Trinajstić information content (AvgIpc) is 3.18. The summed E-state index contributed by atoms with van der Waals surface area (Å²) in [6.45, 7) is 0.0928. The van der Waals surface area contributed by atoms with E-state index in [0.717, 1.165) is 6.07 Å². The number of hydrogen-bond donors (Lipinski definition) is 3. The third-order valence-electron chi connectivity index (χ3n) is 2.98. The van der Waals surface area contributed by atoms with E-state index in [2.05, 4.69) is 30.0 Å². The average molecular weight is 353 g/mol. The van der Waals surface area contributed by atoms with Crippen LogP contribution in [0.1, 0.15) is 11.4 Å². The molecule has 4 N–H and O–H groups in total. The van der Waals surface area contributed by atoms with Crippen LogP contribution in [0.3, 0.4) is 0 Å². The molecule has 3 aromatic rings. The van der Waals surface area contributed by atoms with Crippen molar-refractivity contribution in [3.8, 4) is 0 Å². The van der Waals surface area contributed by atoms with E-state index < -0.39 is 5.82 Å². The zero-order valence-electron chi connectivity index (χ0n) is 11.9. The Balaban J connectivity index is 1.94. The monoisotopic (exact) mass is 352 g/mol. The number of hydrogen-bond acceptors (Lipinski definition) is 8. The Morgan fingerprint density at radius 3 is 2.96 bits per heavy atom. The summed E-state index contributed by atoms with van der Waals surface area (Å²) in [6, 6.07) is 3.81. The van der Waals surface area contributed by atoms with Crippen molar-refractivity contribution in [1.29, 1.82) is 0 Å². The first-order valence-corrected chi connectivity index (χ1v) is 6.85. The molecule has 2 aromatic heterocycles. The Kier molecular flexibility index (Phi) is 4.35. The van der Waals surface area contributed by atoms with E-state index in [1.165, 1.54) is 23.1 Å². The topological polar surface area (TPSA) is 140 Å². The third-order valence-corrected chi connectivity index (χ3v) is 3.27. The highest BCUT2D eigenvalue weighted by atomic mass is 35.5. The molecule has 1 aromatic carbocycles. The van der Waals surface area contributed by atoms with Gasteiger partial charge in [-0.1, -0.05) is 16.8 Å². The molecule has 0 amide bonds. The van der Waals surface area contributed by atoms with Crippen molar-refractivity contribution < 1.29 is 14.2 Å². The van der Waals surface area contributed by atoms with E-state index >= 15 is 0 Å². The van der Waals surface area contributed by atoms with Gasteiger partial charge < -0.3 is 5.73 Å². The van der Waals surface area contributed by atoms with Crippen molar-refractivity contribution in [1.82, 2.24) is 30.6 Å². The van der Waals surface area contributed by atoms with Crippen molar-refractivity contribution in [2.45, 2.75) is 6.54 Å². The molecule has 12 heteroatoms. The summed E-state index contributed by atoms with van der Waals surface area (Å²) in [5.41, 5.74) is 8.23. The fourth-order valence-electron chi connectivity index (χ4n) is 1.84. The van der Waals surface area contributed by atoms with Gasteiger partial charge in [-0.15, -0.1) is 0 Å². The molecule has 0 bridgehead atoms. The highest BCUT2D eigenvalue weighted by Crippen LogP contribution is 2.22. The van der Waals surface area contributed by atoms with E-state index in [9.17, 15) is 9.60 Å². The van der Waals surface area contributed by atoms with Crippen LogP contribution in [-0.2, 0) is 6.54 Å². The molecule has 0 fully saturated rings. The number of aliphatic imine (C=N–C) groups is 1. The lowest BCUT2D eigenvalue weighted by atomic mass is 10.2. The molecule has 0 spiro atoms. The van der Waals surface area contributed by atoms with Crippen molar-refractivity contribution in [2.24, 2.45) is 4.99 Å². The molecule has 0 aliphatic carbocycles.